The lowest BCUT2D eigenvalue weighted by molar-refractivity contribution is 0.0731. The molecule has 1 saturated heterocycles. The lowest BCUT2D eigenvalue weighted by atomic mass is 10.1. The Balaban J connectivity index is 2.01. The van der Waals surface area contributed by atoms with E-state index in [-0.39, 0.29) is 0 Å². The smallest absolute Gasteiger partial charge is 0.143 e. The first-order valence-corrected chi connectivity index (χ1v) is 7.81. The largest absolute Gasteiger partial charge is 0.495 e. The van der Waals surface area contributed by atoms with E-state index in [1.165, 1.54) is 5.56 Å². The highest BCUT2D eigenvalue weighted by molar-refractivity contribution is 9.10. The molecule has 2 unspecified atom stereocenters. The van der Waals surface area contributed by atoms with Crippen LogP contribution in [0.5, 0.6) is 5.75 Å². The topological polar surface area (TPSA) is 42.5 Å². The van der Waals surface area contributed by atoms with Crippen LogP contribution in [0.15, 0.2) is 16.6 Å². The molecule has 0 aliphatic carbocycles. The van der Waals surface area contributed by atoms with E-state index < -0.39 is 0 Å². The van der Waals surface area contributed by atoms with Crippen LogP contribution >= 0.6 is 15.9 Å². The third kappa shape index (κ3) is 4.11. The monoisotopic (exact) mass is 342 g/mol. The van der Waals surface area contributed by atoms with Crippen LogP contribution in [0.3, 0.4) is 0 Å². The number of halogens is 1. The zero-order chi connectivity index (χ0) is 14.5. The Hall–Kier alpha value is -0.780. The molecule has 2 N–H and O–H groups in total. The summed E-state index contributed by atoms with van der Waals surface area (Å²) in [4.78, 5) is 0. The number of morpholine rings is 1. The summed E-state index contributed by atoms with van der Waals surface area (Å²) in [5.41, 5.74) is 2.25. The van der Waals surface area contributed by atoms with E-state index in [1.54, 1.807) is 7.11 Å². The number of anilines is 1. The van der Waals surface area contributed by atoms with Crippen molar-refractivity contribution in [2.45, 2.75) is 32.4 Å². The van der Waals surface area contributed by atoms with Crippen molar-refractivity contribution in [1.82, 2.24) is 5.32 Å². The summed E-state index contributed by atoms with van der Waals surface area (Å²) in [5, 5.41) is 7.05. The van der Waals surface area contributed by atoms with E-state index in [2.05, 4.69) is 46.5 Å². The van der Waals surface area contributed by atoms with Crippen molar-refractivity contribution in [2.24, 2.45) is 0 Å². The molecule has 0 bridgehead atoms. The van der Waals surface area contributed by atoms with Gasteiger partial charge in [-0.2, -0.15) is 0 Å². The second kappa shape index (κ2) is 7.29. The van der Waals surface area contributed by atoms with Crippen molar-refractivity contribution in [3.8, 4) is 5.75 Å². The average molecular weight is 343 g/mol. The van der Waals surface area contributed by atoms with Crippen LogP contribution in [-0.4, -0.2) is 39.0 Å². The van der Waals surface area contributed by atoms with Crippen molar-refractivity contribution in [3.63, 3.8) is 0 Å². The molecule has 1 fully saturated rings. The fourth-order valence-electron chi connectivity index (χ4n) is 2.56. The van der Waals surface area contributed by atoms with E-state index in [9.17, 15) is 0 Å². The van der Waals surface area contributed by atoms with Crippen LogP contribution in [-0.2, 0) is 4.74 Å². The van der Waals surface area contributed by atoms with Gasteiger partial charge in [-0.3, -0.25) is 0 Å². The maximum Gasteiger partial charge on any atom is 0.143 e. The number of nitrogens with one attached hydrogen (secondary N) is 2. The molecule has 112 valence electrons. The number of methoxy groups -OCH3 is 1. The molecule has 0 radical (unpaired) electrons. The zero-order valence-corrected chi connectivity index (χ0v) is 13.9. The van der Waals surface area contributed by atoms with Crippen LogP contribution in [0.4, 0.5) is 5.69 Å². The Labute approximate surface area is 129 Å². The Morgan fingerprint density at radius 2 is 2.35 bits per heavy atom. The molecular formula is C15H23BrN2O2. The number of ether oxygens (including phenoxy) is 2. The van der Waals surface area contributed by atoms with Gasteiger partial charge in [-0.1, -0.05) is 15.9 Å². The van der Waals surface area contributed by atoms with Gasteiger partial charge in [0.05, 0.1) is 26.0 Å². The first kappa shape index (κ1) is 15.6. The van der Waals surface area contributed by atoms with Gasteiger partial charge in [-0.15, -0.1) is 0 Å². The molecule has 1 heterocycles. The molecule has 4 nitrogen and oxygen atoms in total. The van der Waals surface area contributed by atoms with Crippen LogP contribution in [0.2, 0.25) is 0 Å². The Kier molecular flexibility index (Phi) is 5.69. The quantitative estimate of drug-likeness (QED) is 0.863. The van der Waals surface area contributed by atoms with Gasteiger partial charge < -0.3 is 20.1 Å². The predicted octanol–water partition coefficient (Wildman–Crippen LogP) is 2.95. The van der Waals surface area contributed by atoms with Gasteiger partial charge >= 0.3 is 0 Å². The minimum absolute atomic E-state index is 0.350. The standard InChI is InChI=1S/C15H23BrN2O2/c1-10-6-12(16)8-14(19-3)15(10)18-11(2)7-13-9-20-5-4-17-13/h6,8,11,13,17-18H,4-5,7,9H2,1-3H3. The molecule has 20 heavy (non-hydrogen) atoms. The van der Waals surface area contributed by atoms with Crippen molar-refractivity contribution in [2.75, 3.05) is 32.2 Å². The summed E-state index contributed by atoms with van der Waals surface area (Å²) in [5.74, 6) is 0.872. The molecule has 1 aliphatic rings. The predicted molar refractivity (Wildman–Crippen MR) is 85.7 cm³/mol. The molecule has 0 aromatic heterocycles. The molecule has 2 rings (SSSR count). The van der Waals surface area contributed by atoms with Crippen molar-refractivity contribution < 1.29 is 9.47 Å². The highest BCUT2D eigenvalue weighted by Crippen LogP contribution is 2.32. The minimum atomic E-state index is 0.350. The van der Waals surface area contributed by atoms with E-state index in [1.807, 2.05) is 6.07 Å². The molecule has 0 spiro atoms. The molecule has 0 saturated carbocycles. The molecule has 1 aromatic rings. The van der Waals surface area contributed by atoms with Gasteiger partial charge in [0.25, 0.3) is 0 Å². The number of hydrogen-bond acceptors (Lipinski definition) is 4. The summed E-state index contributed by atoms with van der Waals surface area (Å²) < 4.78 is 12.0. The van der Waals surface area contributed by atoms with Crippen molar-refractivity contribution in [3.05, 3.63) is 22.2 Å². The Morgan fingerprint density at radius 3 is 3.00 bits per heavy atom. The Bertz CT molecular complexity index is 448. The molecule has 5 heteroatoms. The third-order valence-corrected chi connectivity index (χ3v) is 3.97. The number of aryl methyl sites for hydroxylation is 1. The molecular weight excluding hydrogens is 320 g/mol. The minimum Gasteiger partial charge on any atom is -0.495 e. The zero-order valence-electron chi connectivity index (χ0n) is 12.3. The van der Waals surface area contributed by atoms with Gasteiger partial charge in [-0.25, -0.2) is 0 Å². The Morgan fingerprint density at radius 1 is 1.55 bits per heavy atom. The normalized spacial score (nSPS) is 20.5. The number of hydrogen-bond donors (Lipinski definition) is 2. The first-order chi connectivity index (χ1) is 9.60. The first-order valence-electron chi connectivity index (χ1n) is 7.02. The molecule has 0 amide bonds. The highest BCUT2D eigenvalue weighted by atomic mass is 79.9. The van der Waals surface area contributed by atoms with E-state index in [0.29, 0.717) is 12.1 Å². The van der Waals surface area contributed by atoms with Gasteiger partial charge in [0, 0.05) is 23.1 Å². The number of rotatable bonds is 5. The van der Waals surface area contributed by atoms with E-state index in [0.717, 1.165) is 42.1 Å². The van der Waals surface area contributed by atoms with E-state index >= 15 is 0 Å². The molecule has 1 aromatic carbocycles. The van der Waals surface area contributed by atoms with Crippen LogP contribution < -0.4 is 15.4 Å². The third-order valence-electron chi connectivity index (χ3n) is 3.51. The average Bonchev–Trinajstić information content (AvgIpc) is 2.42. The fraction of sp³-hybridized carbons (Fsp3) is 0.600. The lowest BCUT2D eigenvalue weighted by Gasteiger charge is -2.28. The van der Waals surface area contributed by atoms with Crippen LogP contribution in [0, 0.1) is 6.92 Å². The second-order valence-electron chi connectivity index (χ2n) is 5.31. The van der Waals surface area contributed by atoms with Gasteiger partial charge in [0.2, 0.25) is 0 Å². The maximum absolute atomic E-state index is 5.50. The van der Waals surface area contributed by atoms with Gasteiger partial charge in [0.1, 0.15) is 5.75 Å². The summed E-state index contributed by atoms with van der Waals surface area (Å²) >= 11 is 3.50. The van der Waals surface area contributed by atoms with Crippen molar-refractivity contribution in [1.29, 1.82) is 0 Å². The van der Waals surface area contributed by atoms with Crippen molar-refractivity contribution >= 4 is 21.6 Å². The maximum atomic E-state index is 5.50. The molecule has 1 aliphatic heterocycles. The summed E-state index contributed by atoms with van der Waals surface area (Å²) in [6.45, 7) is 6.83. The van der Waals surface area contributed by atoms with Gasteiger partial charge in [-0.05, 0) is 38.0 Å². The van der Waals surface area contributed by atoms with Crippen LogP contribution in [0.1, 0.15) is 18.9 Å². The highest BCUT2D eigenvalue weighted by Gasteiger charge is 2.18. The summed E-state index contributed by atoms with van der Waals surface area (Å²) in [7, 11) is 1.70. The molecule has 2 atom stereocenters. The van der Waals surface area contributed by atoms with Crippen LogP contribution in [0.25, 0.3) is 0 Å². The second-order valence-corrected chi connectivity index (χ2v) is 6.22. The SMILES string of the molecule is COc1cc(Br)cc(C)c1NC(C)CC1COCCN1. The van der Waals surface area contributed by atoms with Gasteiger partial charge in [0.15, 0.2) is 0 Å². The lowest BCUT2D eigenvalue weighted by Crippen LogP contribution is -2.43. The summed E-state index contributed by atoms with van der Waals surface area (Å²) in [6, 6.07) is 4.86. The number of benzene rings is 1. The fourth-order valence-corrected chi connectivity index (χ4v) is 3.11. The summed E-state index contributed by atoms with van der Waals surface area (Å²) in [6.07, 6.45) is 1.03. The van der Waals surface area contributed by atoms with E-state index in [4.69, 9.17) is 9.47 Å².